The molecule has 4 aromatic rings. The van der Waals surface area contributed by atoms with E-state index in [0.29, 0.717) is 22.6 Å². The molecule has 3 aromatic carbocycles. The summed E-state index contributed by atoms with van der Waals surface area (Å²) < 4.78 is 34.6. The van der Waals surface area contributed by atoms with Crippen molar-refractivity contribution in [2.45, 2.75) is 49.8 Å². The largest absolute Gasteiger partial charge is 0.508 e. The van der Waals surface area contributed by atoms with Crippen molar-refractivity contribution < 1.29 is 58.7 Å². The summed E-state index contributed by atoms with van der Waals surface area (Å²) in [5.41, 5.74) is 0.433. The lowest BCUT2D eigenvalue weighted by molar-refractivity contribution is -0.267. The first-order valence-corrected chi connectivity index (χ1v) is 13.7. The molecule has 0 bridgehead atoms. The lowest BCUT2D eigenvalue weighted by Crippen LogP contribution is -2.58. The molecule has 1 fully saturated rings. The molecule has 1 aromatic heterocycles. The van der Waals surface area contributed by atoms with Gasteiger partial charge >= 0.3 is 0 Å². The number of rotatable bonds is 6. The molecule has 0 amide bonds. The van der Waals surface area contributed by atoms with Gasteiger partial charge in [-0.2, -0.15) is 0 Å². The second-order valence-corrected chi connectivity index (χ2v) is 10.6. The zero-order chi connectivity index (χ0) is 31.3. The minimum atomic E-state index is -1.64. The Morgan fingerprint density at radius 3 is 2.41 bits per heavy atom. The van der Waals surface area contributed by atoms with Crippen molar-refractivity contribution in [3.8, 4) is 45.8 Å². The molecule has 2 unspecified atom stereocenters. The van der Waals surface area contributed by atoms with Crippen LogP contribution in [0.3, 0.4) is 0 Å². The molecule has 7 atom stereocenters. The lowest BCUT2D eigenvalue weighted by atomic mass is 10.00. The number of methoxy groups -OCH3 is 1. The Balaban J connectivity index is 1.34. The van der Waals surface area contributed by atoms with Crippen LogP contribution in [-0.2, 0) is 4.74 Å². The van der Waals surface area contributed by atoms with Gasteiger partial charge in [-0.15, -0.1) is 0 Å². The van der Waals surface area contributed by atoms with Crippen LogP contribution in [0.1, 0.15) is 18.6 Å². The fourth-order valence-electron chi connectivity index (χ4n) is 5.28. The van der Waals surface area contributed by atoms with Crippen LogP contribution in [0.5, 0.6) is 34.5 Å². The Labute approximate surface area is 249 Å². The van der Waals surface area contributed by atoms with Gasteiger partial charge in [0.05, 0.1) is 19.8 Å². The van der Waals surface area contributed by atoms with E-state index in [1.807, 2.05) is 0 Å². The first kappa shape index (κ1) is 29.5. The smallest absolute Gasteiger partial charge is 0.229 e. The number of aliphatic hydroxyl groups is 4. The highest BCUT2D eigenvalue weighted by molar-refractivity contribution is 5.86. The van der Waals surface area contributed by atoms with Gasteiger partial charge in [-0.25, -0.2) is 0 Å². The van der Waals surface area contributed by atoms with Crippen LogP contribution >= 0.6 is 0 Å². The van der Waals surface area contributed by atoms with Crippen molar-refractivity contribution >= 4 is 11.0 Å². The summed E-state index contributed by atoms with van der Waals surface area (Å²) in [7, 11) is 1.41. The van der Waals surface area contributed by atoms with Gasteiger partial charge in [-0.05, 0) is 37.3 Å². The van der Waals surface area contributed by atoms with Crippen LogP contribution in [0.4, 0.5) is 0 Å². The number of aromatic hydroxyl groups is 2. The first-order valence-electron chi connectivity index (χ1n) is 13.7. The molecule has 232 valence electrons. The van der Waals surface area contributed by atoms with E-state index < -0.39 is 48.3 Å². The zero-order valence-corrected chi connectivity index (χ0v) is 23.5. The third-order valence-corrected chi connectivity index (χ3v) is 7.64. The summed E-state index contributed by atoms with van der Waals surface area (Å²) in [5, 5.41) is 60.8. The predicted octanol–water partition coefficient (Wildman–Crippen LogP) is 1.96. The SMILES string of the molecule is COc1cc([C@H]2Oc3cc(-c4cc(=O)c5c(O[C@@H]6OC(C)[C@H](O)[C@H](O)C6O)cc(O)cc5o4)ccc3O[C@@H]2CO)ccc1O. The molecular formula is C31H30O13. The highest BCUT2D eigenvalue weighted by Gasteiger charge is 2.43. The maximum absolute atomic E-state index is 13.4. The van der Waals surface area contributed by atoms with E-state index >= 15 is 0 Å². The molecule has 0 radical (unpaired) electrons. The van der Waals surface area contributed by atoms with Crippen molar-refractivity contribution in [3.05, 3.63) is 70.4 Å². The fraction of sp³-hybridized carbons (Fsp3) is 0.323. The first-order chi connectivity index (χ1) is 21.1. The number of ether oxygens (including phenoxy) is 5. The van der Waals surface area contributed by atoms with Gasteiger partial charge in [0.25, 0.3) is 0 Å². The van der Waals surface area contributed by atoms with Crippen molar-refractivity contribution in [2.24, 2.45) is 0 Å². The molecule has 6 rings (SSSR count). The van der Waals surface area contributed by atoms with Gasteiger partial charge in [0.2, 0.25) is 6.29 Å². The maximum Gasteiger partial charge on any atom is 0.229 e. The number of benzene rings is 3. The van der Waals surface area contributed by atoms with Crippen LogP contribution in [0.2, 0.25) is 0 Å². The molecule has 0 saturated carbocycles. The van der Waals surface area contributed by atoms with Crippen LogP contribution in [0.25, 0.3) is 22.3 Å². The van der Waals surface area contributed by atoms with E-state index in [9.17, 15) is 35.4 Å². The molecule has 1 saturated heterocycles. The van der Waals surface area contributed by atoms with Crippen molar-refractivity contribution in [1.82, 2.24) is 0 Å². The third kappa shape index (κ3) is 5.25. The molecule has 44 heavy (non-hydrogen) atoms. The summed E-state index contributed by atoms with van der Waals surface area (Å²) in [6.45, 7) is 1.13. The predicted molar refractivity (Wildman–Crippen MR) is 152 cm³/mol. The Kier molecular flexibility index (Phi) is 7.73. The van der Waals surface area contributed by atoms with Gasteiger partial charge in [0.15, 0.2) is 40.6 Å². The Morgan fingerprint density at radius 1 is 0.864 bits per heavy atom. The van der Waals surface area contributed by atoms with Gasteiger partial charge < -0.3 is 58.7 Å². The number of hydrogen-bond donors (Lipinski definition) is 6. The van der Waals surface area contributed by atoms with E-state index in [0.717, 1.165) is 6.07 Å². The van der Waals surface area contributed by atoms with E-state index in [2.05, 4.69) is 0 Å². The highest BCUT2D eigenvalue weighted by atomic mass is 16.7. The normalized spacial score (nSPS) is 26.4. The van der Waals surface area contributed by atoms with E-state index in [-0.39, 0.29) is 46.3 Å². The average Bonchev–Trinajstić information content (AvgIpc) is 3.01. The molecule has 6 N–H and O–H groups in total. The van der Waals surface area contributed by atoms with Crippen LogP contribution in [0, 0.1) is 0 Å². The molecule has 13 nitrogen and oxygen atoms in total. The van der Waals surface area contributed by atoms with Crippen molar-refractivity contribution in [3.63, 3.8) is 0 Å². The highest BCUT2D eigenvalue weighted by Crippen LogP contribution is 2.43. The van der Waals surface area contributed by atoms with Crippen molar-refractivity contribution in [1.29, 1.82) is 0 Å². The lowest BCUT2D eigenvalue weighted by Gasteiger charge is -2.38. The number of fused-ring (bicyclic) bond motifs is 2. The Bertz CT molecular complexity index is 1750. The monoisotopic (exact) mass is 610 g/mol. The van der Waals surface area contributed by atoms with E-state index in [1.54, 1.807) is 30.3 Å². The molecule has 13 heteroatoms. The topological polar surface area (TPSA) is 198 Å². The molecule has 0 spiro atoms. The van der Waals surface area contributed by atoms with Gasteiger partial charge in [0.1, 0.15) is 46.5 Å². The number of aliphatic hydroxyl groups excluding tert-OH is 4. The second-order valence-electron chi connectivity index (χ2n) is 10.6. The van der Waals surface area contributed by atoms with E-state index in [4.69, 9.17) is 28.1 Å². The molecule has 2 aliphatic rings. The van der Waals surface area contributed by atoms with Gasteiger partial charge in [-0.3, -0.25) is 4.79 Å². The molecule has 3 heterocycles. The van der Waals surface area contributed by atoms with Crippen LogP contribution in [-0.4, -0.2) is 81.2 Å². The number of phenolic OH excluding ortho intramolecular Hbond substituents is 2. The minimum Gasteiger partial charge on any atom is -0.508 e. The number of hydrogen-bond acceptors (Lipinski definition) is 13. The standard InChI is InChI=1S/C31H30O13/c1-13-27(36)28(37)29(38)31(40-13)44-24-10-16(33)9-23-26(24)18(35)11-20(42-23)14-4-6-19-22(7-14)43-30(25(12-32)41-19)15-3-5-17(34)21(8-15)39-2/h3-11,13,25,27-34,36-38H,12H2,1-2H3/t13?,25-,27+,28+,29?,30-,31+/m1/s1. The molecule has 0 aliphatic carbocycles. The maximum atomic E-state index is 13.4. The van der Waals surface area contributed by atoms with E-state index in [1.165, 1.54) is 32.2 Å². The molecule has 2 aliphatic heterocycles. The number of phenols is 2. The summed E-state index contributed by atoms with van der Waals surface area (Å²) in [5.74, 6) is 0.457. The van der Waals surface area contributed by atoms with Gasteiger partial charge in [0, 0.05) is 29.3 Å². The minimum absolute atomic E-state index is 0.0364. The summed E-state index contributed by atoms with van der Waals surface area (Å²) in [4.78, 5) is 13.4. The Hall–Kier alpha value is -4.53. The second kappa shape index (κ2) is 11.5. The Morgan fingerprint density at radius 2 is 1.66 bits per heavy atom. The summed E-state index contributed by atoms with van der Waals surface area (Å²) in [6.07, 6.45) is -8.41. The van der Waals surface area contributed by atoms with Crippen molar-refractivity contribution in [2.75, 3.05) is 13.7 Å². The summed E-state index contributed by atoms with van der Waals surface area (Å²) in [6, 6.07) is 13.1. The van der Waals surface area contributed by atoms with Gasteiger partial charge in [-0.1, -0.05) is 6.07 Å². The average molecular weight is 611 g/mol. The zero-order valence-electron chi connectivity index (χ0n) is 23.5. The third-order valence-electron chi connectivity index (χ3n) is 7.64. The molecular weight excluding hydrogens is 580 g/mol. The fourth-order valence-corrected chi connectivity index (χ4v) is 5.28. The van der Waals surface area contributed by atoms with Crippen LogP contribution in [0.15, 0.2) is 63.8 Å². The summed E-state index contributed by atoms with van der Waals surface area (Å²) >= 11 is 0. The van der Waals surface area contributed by atoms with Crippen LogP contribution < -0.4 is 24.4 Å². The quantitative estimate of drug-likeness (QED) is 0.185.